The lowest BCUT2D eigenvalue weighted by atomic mass is 10.1. The lowest BCUT2D eigenvalue weighted by Gasteiger charge is -2.10. The Morgan fingerprint density at radius 1 is 1.23 bits per heavy atom. The van der Waals surface area contributed by atoms with E-state index >= 15 is 0 Å². The van der Waals surface area contributed by atoms with Crippen molar-refractivity contribution in [3.8, 4) is 0 Å². The van der Waals surface area contributed by atoms with Gasteiger partial charge in [0.15, 0.2) is 5.17 Å². The lowest BCUT2D eigenvalue weighted by Crippen LogP contribution is -2.28. The molecule has 0 radical (unpaired) electrons. The minimum atomic E-state index is -0.542. The Morgan fingerprint density at radius 3 is 2.65 bits per heavy atom. The predicted molar refractivity (Wildman–Crippen MR) is 102 cm³/mol. The summed E-state index contributed by atoms with van der Waals surface area (Å²) in [7, 11) is 0. The van der Waals surface area contributed by atoms with Crippen LogP contribution < -0.4 is 10.6 Å². The van der Waals surface area contributed by atoms with E-state index in [-0.39, 0.29) is 24.1 Å². The van der Waals surface area contributed by atoms with Crippen LogP contribution in [0.4, 0.5) is 15.8 Å². The highest BCUT2D eigenvalue weighted by Crippen LogP contribution is 2.26. The molecule has 2 amide bonds. The number of hydrogen-bond acceptors (Lipinski definition) is 4. The van der Waals surface area contributed by atoms with Crippen molar-refractivity contribution < 1.29 is 14.0 Å². The summed E-state index contributed by atoms with van der Waals surface area (Å²) in [5.74, 6) is -0.836. The van der Waals surface area contributed by atoms with Gasteiger partial charge < -0.3 is 10.6 Å². The van der Waals surface area contributed by atoms with Crippen molar-refractivity contribution in [3.63, 3.8) is 0 Å². The number of carbonyl (C=O) groups is 2. The number of benzene rings is 2. The average molecular weight is 371 g/mol. The number of rotatable bonds is 4. The third kappa shape index (κ3) is 4.49. The summed E-state index contributed by atoms with van der Waals surface area (Å²) < 4.78 is 12.9. The maximum absolute atomic E-state index is 12.9. The summed E-state index contributed by atoms with van der Waals surface area (Å²) in [6, 6.07) is 11.4. The third-order valence-electron chi connectivity index (χ3n) is 3.86. The fraction of sp³-hybridized carbons (Fsp3) is 0.211. The summed E-state index contributed by atoms with van der Waals surface area (Å²) in [5.41, 5.74) is 3.37. The molecule has 0 saturated carbocycles. The molecular formula is C19H18FN3O2S. The molecule has 2 aromatic carbocycles. The summed E-state index contributed by atoms with van der Waals surface area (Å²) in [4.78, 5) is 28.6. The molecule has 2 aromatic rings. The Labute approximate surface area is 155 Å². The van der Waals surface area contributed by atoms with E-state index in [9.17, 15) is 14.0 Å². The number of carbonyl (C=O) groups excluding carboxylic acids is 2. The summed E-state index contributed by atoms with van der Waals surface area (Å²) in [5, 5.41) is 5.36. The number of nitrogens with one attached hydrogen (secondary N) is 2. The van der Waals surface area contributed by atoms with E-state index in [1.807, 2.05) is 32.0 Å². The molecule has 0 unspecified atom stereocenters. The van der Waals surface area contributed by atoms with Gasteiger partial charge in [0.05, 0.1) is 5.69 Å². The number of anilines is 1. The topological polar surface area (TPSA) is 70.6 Å². The molecule has 1 aliphatic heterocycles. The molecule has 1 atom stereocenters. The zero-order valence-electron chi connectivity index (χ0n) is 14.4. The van der Waals surface area contributed by atoms with Crippen LogP contribution >= 0.6 is 11.8 Å². The number of amides is 2. The highest BCUT2D eigenvalue weighted by Gasteiger charge is 2.32. The van der Waals surface area contributed by atoms with E-state index in [0.29, 0.717) is 10.9 Å². The van der Waals surface area contributed by atoms with E-state index in [1.165, 1.54) is 36.0 Å². The number of halogens is 1. The van der Waals surface area contributed by atoms with E-state index in [1.54, 1.807) is 0 Å². The summed E-state index contributed by atoms with van der Waals surface area (Å²) in [6.07, 6.45) is 0.0479. The smallest absolute Gasteiger partial charge is 0.240 e. The molecule has 0 spiro atoms. The van der Waals surface area contributed by atoms with Crippen molar-refractivity contribution in [3.05, 3.63) is 59.4 Å². The molecule has 0 aliphatic carbocycles. The number of thioether (sulfide) groups is 1. The molecule has 0 bridgehead atoms. The second kappa shape index (κ2) is 7.70. The van der Waals surface area contributed by atoms with Gasteiger partial charge in [-0.3, -0.25) is 9.59 Å². The largest absolute Gasteiger partial charge is 0.326 e. The molecule has 1 heterocycles. The molecular weight excluding hydrogens is 353 g/mol. The summed E-state index contributed by atoms with van der Waals surface area (Å²) in [6.45, 7) is 3.91. The van der Waals surface area contributed by atoms with Crippen LogP contribution in [0.2, 0.25) is 0 Å². The van der Waals surface area contributed by atoms with Gasteiger partial charge in [0.1, 0.15) is 11.1 Å². The lowest BCUT2D eigenvalue weighted by molar-refractivity contribution is -0.122. The Morgan fingerprint density at radius 2 is 1.96 bits per heavy atom. The highest BCUT2D eigenvalue weighted by molar-refractivity contribution is 8.15. The highest BCUT2D eigenvalue weighted by atomic mass is 32.2. The fourth-order valence-corrected chi connectivity index (χ4v) is 3.54. The van der Waals surface area contributed by atoms with Crippen LogP contribution in [0.5, 0.6) is 0 Å². The van der Waals surface area contributed by atoms with Crippen LogP contribution in [0.15, 0.2) is 47.5 Å². The van der Waals surface area contributed by atoms with Crippen LogP contribution in [-0.4, -0.2) is 22.2 Å². The van der Waals surface area contributed by atoms with E-state index in [2.05, 4.69) is 15.6 Å². The second-order valence-electron chi connectivity index (χ2n) is 6.06. The van der Waals surface area contributed by atoms with E-state index in [4.69, 9.17) is 0 Å². The van der Waals surface area contributed by atoms with Crippen LogP contribution in [0.25, 0.3) is 0 Å². The number of amidine groups is 1. The second-order valence-corrected chi connectivity index (χ2v) is 7.25. The van der Waals surface area contributed by atoms with Gasteiger partial charge in [-0.25, -0.2) is 9.38 Å². The van der Waals surface area contributed by atoms with Crippen molar-refractivity contribution in [2.75, 3.05) is 5.32 Å². The predicted octanol–water partition coefficient (Wildman–Crippen LogP) is 3.69. The molecule has 3 rings (SSSR count). The van der Waals surface area contributed by atoms with Gasteiger partial charge in [0.2, 0.25) is 11.8 Å². The van der Waals surface area contributed by atoms with Crippen LogP contribution in [-0.2, 0) is 9.59 Å². The molecule has 134 valence electrons. The molecule has 1 fully saturated rings. The maximum Gasteiger partial charge on any atom is 0.240 e. The quantitative estimate of drug-likeness (QED) is 0.861. The normalized spacial score (nSPS) is 18.0. The van der Waals surface area contributed by atoms with Crippen molar-refractivity contribution in [1.29, 1.82) is 0 Å². The number of aryl methyl sites for hydroxylation is 2. The van der Waals surface area contributed by atoms with Crippen LogP contribution in [0.3, 0.4) is 0 Å². The minimum absolute atomic E-state index is 0.0479. The standard InChI is InChI=1S/C19H18FN3O2S/c1-11-3-8-15(12(2)9-11)22-17(24)10-16-18(25)23-19(26-16)21-14-6-4-13(20)5-7-14/h3-9,16H,10H2,1-2H3,(H,22,24)(H,21,23,25)/t16-/m0/s1. The van der Waals surface area contributed by atoms with Crippen molar-refractivity contribution in [1.82, 2.24) is 5.32 Å². The first-order chi connectivity index (χ1) is 12.4. The van der Waals surface area contributed by atoms with Gasteiger partial charge in [-0.05, 0) is 49.7 Å². The van der Waals surface area contributed by atoms with Gasteiger partial charge >= 0.3 is 0 Å². The molecule has 1 aliphatic rings. The molecule has 7 heteroatoms. The van der Waals surface area contributed by atoms with Crippen molar-refractivity contribution in [2.45, 2.75) is 25.5 Å². The number of aliphatic imine (C=N–C) groups is 1. The molecule has 5 nitrogen and oxygen atoms in total. The van der Waals surface area contributed by atoms with Crippen molar-refractivity contribution in [2.24, 2.45) is 4.99 Å². The van der Waals surface area contributed by atoms with E-state index < -0.39 is 5.25 Å². The van der Waals surface area contributed by atoms with Crippen LogP contribution in [0, 0.1) is 19.7 Å². The molecule has 2 N–H and O–H groups in total. The zero-order chi connectivity index (χ0) is 18.7. The Bertz CT molecular complexity index is 881. The molecule has 26 heavy (non-hydrogen) atoms. The minimum Gasteiger partial charge on any atom is -0.326 e. The SMILES string of the molecule is Cc1ccc(NC(=O)C[C@@H]2SC(=Nc3ccc(F)cc3)NC2=O)c(C)c1. The Kier molecular flexibility index (Phi) is 5.37. The van der Waals surface area contributed by atoms with Gasteiger partial charge in [0, 0.05) is 12.1 Å². The van der Waals surface area contributed by atoms with Gasteiger partial charge in [0.25, 0.3) is 0 Å². The fourth-order valence-electron chi connectivity index (χ4n) is 2.55. The third-order valence-corrected chi connectivity index (χ3v) is 4.94. The Balaban J connectivity index is 1.62. The van der Waals surface area contributed by atoms with Crippen molar-refractivity contribution >= 4 is 40.1 Å². The summed E-state index contributed by atoms with van der Waals surface area (Å²) >= 11 is 1.20. The number of nitrogens with zero attached hydrogens (tertiary/aromatic N) is 1. The first-order valence-electron chi connectivity index (χ1n) is 8.09. The molecule has 0 aromatic heterocycles. The average Bonchev–Trinajstić information content (AvgIpc) is 2.91. The van der Waals surface area contributed by atoms with Gasteiger partial charge in [-0.2, -0.15) is 0 Å². The Hall–Kier alpha value is -2.67. The van der Waals surface area contributed by atoms with Gasteiger partial charge in [-0.15, -0.1) is 0 Å². The zero-order valence-corrected chi connectivity index (χ0v) is 15.2. The van der Waals surface area contributed by atoms with Crippen LogP contribution in [0.1, 0.15) is 17.5 Å². The maximum atomic E-state index is 12.9. The van der Waals surface area contributed by atoms with E-state index in [0.717, 1.165) is 16.8 Å². The first kappa shape index (κ1) is 18.1. The monoisotopic (exact) mass is 371 g/mol. The van der Waals surface area contributed by atoms with Gasteiger partial charge in [-0.1, -0.05) is 29.5 Å². The molecule has 1 saturated heterocycles. The first-order valence-corrected chi connectivity index (χ1v) is 8.97. The number of hydrogen-bond donors (Lipinski definition) is 2.